The van der Waals surface area contributed by atoms with Gasteiger partial charge in [0.2, 0.25) is 0 Å². The van der Waals surface area contributed by atoms with Crippen LogP contribution in [0.1, 0.15) is 15.8 Å². The fourth-order valence-electron chi connectivity index (χ4n) is 0.515. The highest BCUT2D eigenvalue weighted by Gasteiger charge is 2.02. The van der Waals surface area contributed by atoms with Crippen molar-refractivity contribution in [3.8, 4) is 0 Å². The molecule has 0 bridgehead atoms. The summed E-state index contributed by atoms with van der Waals surface area (Å²) in [7, 11) is 1.37. The van der Waals surface area contributed by atoms with E-state index >= 15 is 0 Å². The standard InChI is InChI=1S/C7H8N2O.HI/c1-9-4-2-3-6(5-9)7(8)10;/h2-5H,1H3,(H-,8,10);1H/i2D,3D,4D,5D;. The van der Waals surface area contributed by atoms with E-state index in [9.17, 15) is 4.79 Å². The number of nitrogens with zero attached hydrogens (tertiary/aromatic N) is 1. The van der Waals surface area contributed by atoms with Crippen LogP contribution >= 0.6 is 0 Å². The van der Waals surface area contributed by atoms with E-state index < -0.39 is 18.0 Å². The third-order valence-corrected chi connectivity index (χ3v) is 0.937. The van der Waals surface area contributed by atoms with Gasteiger partial charge in [-0.3, -0.25) is 4.79 Å². The molecule has 0 aliphatic carbocycles. The number of rotatable bonds is 1. The van der Waals surface area contributed by atoms with Gasteiger partial charge in [0, 0.05) is 6.04 Å². The molecule has 0 aromatic carbocycles. The van der Waals surface area contributed by atoms with Gasteiger partial charge in [-0.2, -0.15) is 0 Å². The van der Waals surface area contributed by atoms with E-state index in [0.717, 1.165) is 4.57 Å². The summed E-state index contributed by atoms with van der Waals surface area (Å²) in [5.41, 5.74) is 4.64. The minimum Gasteiger partial charge on any atom is -1.00 e. The number of aromatic nitrogens is 1. The van der Waals surface area contributed by atoms with Gasteiger partial charge < -0.3 is 29.7 Å². The Morgan fingerprint density at radius 1 is 1.82 bits per heavy atom. The molecule has 1 aromatic rings. The Balaban J connectivity index is 0.00000196. The van der Waals surface area contributed by atoms with Crippen LogP contribution in [-0.2, 0) is 7.05 Å². The summed E-state index contributed by atoms with van der Waals surface area (Å²) in [4.78, 5) is 10.9. The molecule has 1 rings (SSSR count). The van der Waals surface area contributed by atoms with Crippen molar-refractivity contribution in [2.75, 3.05) is 0 Å². The summed E-state index contributed by atoms with van der Waals surface area (Å²) in [5, 5.41) is 0. The van der Waals surface area contributed by atoms with Crippen molar-refractivity contribution in [2.24, 2.45) is 12.8 Å². The maximum absolute atomic E-state index is 10.9. The first-order chi connectivity index (χ1) is 6.37. The molecule has 2 N–H and O–H groups in total. The van der Waals surface area contributed by atoms with E-state index in [1.54, 1.807) is 0 Å². The number of primary amides is 1. The smallest absolute Gasteiger partial charge is 0.254 e. The second-order valence-corrected chi connectivity index (χ2v) is 1.77. The average molecular weight is 268 g/mol. The molecule has 1 aromatic heterocycles. The minimum atomic E-state index is -0.927. The highest BCUT2D eigenvalue weighted by Crippen LogP contribution is 1.89. The Hall–Kier alpha value is -0.650. The first-order valence-electron chi connectivity index (χ1n) is 4.64. The topological polar surface area (TPSA) is 47.0 Å². The Morgan fingerprint density at radius 2 is 2.45 bits per heavy atom. The summed E-state index contributed by atoms with van der Waals surface area (Å²) in [6.07, 6.45) is -0.603. The molecule has 1 amide bonds. The average Bonchev–Trinajstić information content (AvgIpc) is 2.11. The predicted molar refractivity (Wildman–Crippen MR) is 36.1 cm³/mol. The molecule has 60 valence electrons. The van der Waals surface area contributed by atoms with Crippen LogP contribution in [0.25, 0.3) is 0 Å². The van der Waals surface area contributed by atoms with Gasteiger partial charge in [-0.25, -0.2) is 4.57 Å². The maximum atomic E-state index is 10.9. The van der Waals surface area contributed by atoms with E-state index in [4.69, 9.17) is 11.2 Å². The first kappa shape index (κ1) is 5.08. The molecule has 1 heterocycles. The molecular weight excluding hydrogens is 255 g/mol. The van der Waals surface area contributed by atoms with Gasteiger partial charge in [0.1, 0.15) is 15.4 Å². The van der Waals surface area contributed by atoms with E-state index in [1.165, 1.54) is 7.05 Å². The Morgan fingerprint density at radius 3 is 3.00 bits per heavy atom. The number of carbonyl (C=O) groups excluding carboxylic acids is 1. The van der Waals surface area contributed by atoms with E-state index in [0.29, 0.717) is 0 Å². The third kappa shape index (κ3) is 2.83. The largest absolute Gasteiger partial charge is 1.00 e. The molecule has 0 saturated carbocycles. The number of hydrogen-bond donors (Lipinski definition) is 1. The van der Waals surface area contributed by atoms with Crippen molar-refractivity contribution < 1.29 is 38.8 Å². The zero-order chi connectivity index (χ0) is 11.0. The van der Waals surface area contributed by atoms with Crippen LogP contribution in [0, 0.1) is 0 Å². The van der Waals surface area contributed by atoms with Gasteiger partial charge in [-0.1, -0.05) is 0 Å². The van der Waals surface area contributed by atoms with Crippen molar-refractivity contribution in [1.29, 1.82) is 0 Å². The summed E-state index contributed by atoms with van der Waals surface area (Å²) in [5.74, 6) is -0.927. The van der Waals surface area contributed by atoms with Crippen LogP contribution in [0.15, 0.2) is 24.4 Å². The second kappa shape index (κ2) is 4.27. The van der Waals surface area contributed by atoms with Crippen molar-refractivity contribution in [3.63, 3.8) is 0 Å². The quantitative estimate of drug-likeness (QED) is 0.419. The number of halogens is 1. The molecular formula is C7H9IN2O. The molecule has 0 atom stereocenters. The summed E-state index contributed by atoms with van der Waals surface area (Å²) >= 11 is 0. The molecule has 0 fully saturated rings. The lowest BCUT2D eigenvalue weighted by Gasteiger charge is -1.89. The molecule has 0 aliphatic rings. The Bertz CT molecular complexity index is 395. The highest BCUT2D eigenvalue weighted by molar-refractivity contribution is 5.92. The zero-order valence-corrected chi connectivity index (χ0v) is 7.97. The van der Waals surface area contributed by atoms with Gasteiger partial charge >= 0.3 is 0 Å². The zero-order valence-electron chi connectivity index (χ0n) is 9.81. The molecule has 0 aliphatic heterocycles. The monoisotopic (exact) mass is 268 g/mol. The number of nitrogens with two attached hydrogens (primary N) is 1. The third-order valence-electron chi connectivity index (χ3n) is 0.937. The fourth-order valence-corrected chi connectivity index (χ4v) is 0.515. The van der Waals surface area contributed by atoms with Crippen LogP contribution in [0.3, 0.4) is 0 Å². The SMILES string of the molecule is [2H]c1c([2H])c([2H])[n+](C)c([2H])c1C(N)=O.[I-]. The Labute approximate surface area is 87.9 Å². The normalized spacial score (nSPS) is 13.5. The van der Waals surface area contributed by atoms with E-state index in [2.05, 4.69) is 0 Å². The van der Waals surface area contributed by atoms with Crippen molar-refractivity contribution >= 4 is 5.91 Å². The van der Waals surface area contributed by atoms with Crippen LogP contribution < -0.4 is 34.3 Å². The number of hydrogen-bond acceptors (Lipinski definition) is 1. The molecule has 11 heavy (non-hydrogen) atoms. The number of carbonyl (C=O) groups is 1. The van der Waals surface area contributed by atoms with Gasteiger partial charge in [0.15, 0.2) is 12.3 Å². The fraction of sp³-hybridized carbons (Fsp3) is 0.143. The van der Waals surface area contributed by atoms with Crippen molar-refractivity contribution in [2.45, 2.75) is 0 Å². The van der Waals surface area contributed by atoms with Gasteiger partial charge in [0.05, 0.1) is 2.74 Å². The molecule has 3 nitrogen and oxygen atoms in total. The minimum absolute atomic E-state index is 0. The molecule has 0 unspecified atom stereocenters. The molecule has 0 spiro atoms. The molecule has 0 radical (unpaired) electrons. The second-order valence-electron chi connectivity index (χ2n) is 1.77. The Kier molecular flexibility index (Phi) is 1.97. The lowest BCUT2D eigenvalue weighted by Crippen LogP contribution is -3.00. The van der Waals surface area contributed by atoms with Crippen molar-refractivity contribution in [1.82, 2.24) is 0 Å². The lowest BCUT2D eigenvalue weighted by atomic mass is 10.3. The first-order valence-corrected chi connectivity index (χ1v) is 2.64. The van der Waals surface area contributed by atoms with Gasteiger partial charge in [0.25, 0.3) is 5.91 Å². The van der Waals surface area contributed by atoms with Crippen molar-refractivity contribution in [3.05, 3.63) is 30.0 Å². The lowest BCUT2D eigenvalue weighted by molar-refractivity contribution is -0.671. The van der Waals surface area contributed by atoms with Gasteiger partial charge in [-0.05, 0) is 6.04 Å². The number of pyridine rings is 1. The van der Waals surface area contributed by atoms with Gasteiger partial charge in [-0.15, -0.1) is 0 Å². The summed E-state index contributed by atoms with van der Waals surface area (Å²) in [6.45, 7) is 0. The maximum Gasteiger partial charge on any atom is 0.254 e. The van der Waals surface area contributed by atoms with E-state index in [1.807, 2.05) is 0 Å². The highest BCUT2D eigenvalue weighted by atomic mass is 127. The van der Waals surface area contributed by atoms with E-state index in [-0.39, 0.29) is 41.9 Å². The predicted octanol–water partition coefficient (Wildman–Crippen LogP) is -3.39. The number of amides is 1. The van der Waals surface area contributed by atoms with Crippen LogP contribution in [0.2, 0.25) is 0 Å². The summed E-state index contributed by atoms with van der Waals surface area (Å²) < 4.78 is 30.5. The summed E-state index contributed by atoms with van der Waals surface area (Å²) in [6, 6.07) is -0.872. The van der Waals surface area contributed by atoms with Crippen LogP contribution in [-0.4, -0.2) is 5.91 Å². The van der Waals surface area contributed by atoms with Crippen LogP contribution in [0.5, 0.6) is 0 Å². The molecule has 0 saturated heterocycles. The molecule has 4 heteroatoms. The van der Waals surface area contributed by atoms with Crippen LogP contribution in [0.4, 0.5) is 0 Å².